The number of nitrogens with zero attached hydrogens (tertiary/aromatic N) is 2. The molecular weight excluding hydrogens is 206 g/mol. The summed E-state index contributed by atoms with van der Waals surface area (Å²) in [6, 6.07) is 1.78. The Morgan fingerprint density at radius 3 is 2.81 bits per heavy atom. The Morgan fingerprint density at radius 2 is 2.19 bits per heavy atom. The smallest absolute Gasteiger partial charge is 0.218 e. The fraction of sp³-hybridized carbons (Fsp3) is 0.636. The van der Waals surface area contributed by atoms with Gasteiger partial charge in [-0.25, -0.2) is 4.98 Å². The van der Waals surface area contributed by atoms with Crippen molar-refractivity contribution in [1.82, 2.24) is 9.97 Å². The highest BCUT2D eigenvalue weighted by molar-refractivity contribution is 5.38. The van der Waals surface area contributed by atoms with Crippen LogP contribution >= 0.6 is 0 Å². The Hall–Kier alpha value is -1.36. The third kappa shape index (κ3) is 4.02. The third-order valence-corrected chi connectivity index (χ3v) is 1.98. The van der Waals surface area contributed by atoms with E-state index >= 15 is 0 Å². The van der Waals surface area contributed by atoms with Gasteiger partial charge in [0.25, 0.3) is 0 Å². The summed E-state index contributed by atoms with van der Waals surface area (Å²) in [5, 5.41) is 11.8. The zero-order chi connectivity index (χ0) is 11.8. The second-order valence-corrected chi connectivity index (χ2v) is 3.32. The van der Waals surface area contributed by atoms with E-state index in [9.17, 15) is 0 Å². The first-order valence-electron chi connectivity index (χ1n) is 5.65. The van der Waals surface area contributed by atoms with E-state index in [1.54, 1.807) is 6.07 Å². The number of anilines is 1. The second-order valence-electron chi connectivity index (χ2n) is 3.32. The van der Waals surface area contributed by atoms with Crippen LogP contribution < -0.4 is 10.1 Å². The van der Waals surface area contributed by atoms with E-state index in [2.05, 4.69) is 15.3 Å². The summed E-state index contributed by atoms with van der Waals surface area (Å²) >= 11 is 0. The lowest BCUT2D eigenvalue weighted by atomic mass is 10.4. The predicted octanol–water partition coefficient (Wildman–Crippen LogP) is 1.23. The maximum absolute atomic E-state index is 8.66. The molecule has 0 fully saturated rings. The molecule has 0 spiro atoms. The molecule has 0 aliphatic rings. The highest BCUT2D eigenvalue weighted by atomic mass is 16.5. The van der Waals surface area contributed by atoms with Gasteiger partial charge in [-0.15, -0.1) is 0 Å². The average molecular weight is 225 g/mol. The normalized spacial score (nSPS) is 10.2. The fourth-order valence-corrected chi connectivity index (χ4v) is 1.22. The lowest BCUT2D eigenvalue weighted by molar-refractivity contribution is 0.229. The molecule has 0 aromatic carbocycles. The molecule has 1 aromatic heterocycles. The van der Waals surface area contributed by atoms with Gasteiger partial charge in [-0.3, -0.25) is 0 Å². The summed E-state index contributed by atoms with van der Waals surface area (Å²) in [6.45, 7) is 5.44. The molecule has 2 N–H and O–H groups in total. The van der Waals surface area contributed by atoms with Crippen molar-refractivity contribution in [2.75, 3.05) is 25.1 Å². The maximum atomic E-state index is 8.66. The first-order chi connectivity index (χ1) is 7.80. The fourth-order valence-electron chi connectivity index (χ4n) is 1.22. The lowest BCUT2D eigenvalue weighted by Crippen LogP contribution is -2.07. The molecule has 0 aliphatic heterocycles. The molecule has 0 saturated carbocycles. The summed E-state index contributed by atoms with van der Waals surface area (Å²) in [4.78, 5) is 8.57. The summed E-state index contributed by atoms with van der Waals surface area (Å²) in [5.41, 5.74) is 0. The molecule has 0 aliphatic carbocycles. The number of ether oxygens (including phenoxy) is 1. The Bertz CT molecular complexity index is 318. The van der Waals surface area contributed by atoms with E-state index in [4.69, 9.17) is 9.84 Å². The number of aliphatic hydroxyl groups is 1. The minimum Gasteiger partial charge on any atom is -0.477 e. The largest absolute Gasteiger partial charge is 0.477 e. The van der Waals surface area contributed by atoms with Crippen LogP contribution in [-0.4, -0.2) is 34.8 Å². The molecule has 5 heteroatoms. The predicted molar refractivity (Wildman–Crippen MR) is 62.8 cm³/mol. The van der Waals surface area contributed by atoms with E-state index in [-0.39, 0.29) is 6.61 Å². The van der Waals surface area contributed by atoms with Gasteiger partial charge in [-0.2, -0.15) is 4.98 Å². The van der Waals surface area contributed by atoms with Gasteiger partial charge in [0.1, 0.15) is 11.6 Å². The van der Waals surface area contributed by atoms with Gasteiger partial charge in [0.2, 0.25) is 5.88 Å². The number of aromatic nitrogens is 2. The summed E-state index contributed by atoms with van der Waals surface area (Å²) in [6.07, 6.45) is 1.39. The Balaban J connectivity index is 2.69. The minimum atomic E-state index is 0.131. The molecule has 0 bridgehead atoms. The van der Waals surface area contributed by atoms with Crippen molar-refractivity contribution in [2.45, 2.75) is 26.7 Å². The topological polar surface area (TPSA) is 67.3 Å². The molecule has 0 atom stereocenters. The van der Waals surface area contributed by atoms with Crippen LogP contribution in [0.5, 0.6) is 5.88 Å². The number of nitrogens with one attached hydrogen (secondary N) is 1. The number of rotatable bonds is 7. The van der Waals surface area contributed by atoms with Crippen LogP contribution in [0.2, 0.25) is 0 Å². The van der Waals surface area contributed by atoms with Crippen molar-refractivity contribution in [1.29, 1.82) is 0 Å². The molecule has 1 aromatic rings. The van der Waals surface area contributed by atoms with Gasteiger partial charge in [0.15, 0.2) is 0 Å². The van der Waals surface area contributed by atoms with Crippen LogP contribution in [-0.2, 0) is 6.42 Å². The van der Waals surface area contributed by atoms with Crippen LogP contribution in [0.4, 0.5) is 5.82 Å². The van der Waals surface area contributed by atoms with E-state index in [0.717, 1.165) is 24.6 Å². The molecule has 0 saturated heterocycles. The molecule has 16 heavy (non-hydrogen) atoms. The Labute approximate surface area is 95.9 Å². The van der Waals surface area contributed by atoms with E-state index < -0.39 is 0 Å². The molecule has 0 amide bonds. The van der Waals surface area contributed by atoms with Gasteiger partial charge in [-0.05, 0) is 6.92 Å². The number of aryl methyl sites for hydroxylation is 1. The maximum Gasteiger partial charge on any atom is 0.218 e. The molecule has 0 radical (unpaired) electrons. The zero-order valence-corrected chi connectivity index (χ0v) is 9.86. The minimum absolute atomic E-state index is 0.131. The highest BCUT2D eigenvalue weighted by Crippen LogP contribution is 2.13. The molecule has 5 nitrogen and oxygen atoms in total. The van der Waals surface area contributed by atoms with Gasteiger partial charge in [0.05, 0.1) is 6.61 Å². The van der Waals surface area contributed by atoms with Crippen LogP contribution in [0, 0.1) is 0 Å². The molecular formula is C11H19N3O2. The highest BCUT2D eigenvalue weighted by Gasteiger charge is 2.03. The van der Waals surface area contributed by atoms with Gasteiger partial charge in [0, 0.05) is 32.1 Å². The van der Waals surface area contributed by atoms with Crippen molar-refractivity contribution in [3.05, 3.63) is 11.9 Å². The molecule has 90 valence electrons. The van der Waals surface area contributed by atoms with Crippen LogP contribution in [0.1, 0.15) is 26.1 Å². The molecule has 1 rings (SSSR count). The molecule has 0 unspecified atom stereocenters. The monoisotopic (exact) mass is 225 g/mol. The number of hydrogen-bond donors (Lipinski definition) is 2. The van der Waals surface area contributed by atoms with E-state index in [1.807, 2.05) is 13.8 Å². The van der Waals surface area contributed by atoms with Crippen LogP contribution in [0.25, 0.3) is 0 Å². The van der Waals surface area contributed by atoms with Crippen molar-refractivity contribution in [2.24, 2.45) is 0 Å². The summed E-state index contributed by atoms with van der Waals surface area (Å²) in [7, 11) is 0. The average Bonchev–Trinajstić information content (AvgIpc) is 2.29. The molecule has 1 heterocycles. The standard InChI is InChI=1S/C11H19N3O2/c1-3-9-13-10(12-4-2)8-11(14-9)16-7-5-6-15/h8,15H,3-7H2,1-2H3,(H,12,13,14). The van der Waals surface area contributed by atoms with Crippen molar-refractivity contribution >= 4 is 5.82 Å². The summed E-state index contributed by atoms with van der Waals surface area (Å²) < 4.78 is 5.42. The van der Waals surface area contributed by atoms with Crippen molar-refractivity contribution in [3.63, 3.8) is 0 Å². The van der Waals surface area contributed by atoms with Gasteiger partial charge < -0.3 is 15.2 Å². The summed E-state index contributed by atoms with van der Waals surface area (Å²) in [5.74, 6) is 2.11. The van der Waals surface area contributed by atoms with Gasteiger partial charge >= 0.3 is 0 Å². The first-order valence-corrected chi connectivity index (χ1v) is 5.65. The van der Waals surface area contributed by atoms with Crippen molar-refractivity contribution < 1.29 is 9.84 Å². The third-order valence-electron chi connectivity index (χ3n) is 1.98. The van der Waals surface area contributed by atoms with E-state index in [0.29, 0.717) is 18.9 Å². The SMILES string of the molecule is CCNc1cc(OCCCO)nc(CC)n1. The number of hydrogen-bond acceptors (Lipinski definition) is 5. The van der Waals surface area contributed by atoms with Gasteiger partial charge in [-0.1, -0.05) is 6.92 Å². The Morgan fingerprint density at radius 1 is 1.38 bits per heavy atom. The lowest BCUT2D eigenvalue weighted by Gasteiger charge is -2.08. The Kier molecular flexibility index (Phi) is 5.56. The zero-order valence-electron chi connectivity index (χ0n) is 9.86. The van der Waals surface area contributed by atoms with E-state index in [1.165, 1.54) is 0 Å². The van der Waals surface area contributed by atoms with Crippen molar-refractivity contribution in [3.8, 4) is 5.88 Å². The quantitative estimate of drug-likeness (QED) is 0.683. The number of aliphatic hydroxyl groups excluding tert-OH is 1. The second kappa shape index (κ2) is 7.00. The van der Waals surface area contributed by atoms with Crippen LogP contribution in [0.3, 0.4) is 0 Å². The van der Waals surface area contributed by atoms with Crippen LogP contribution in [0.15, 0.2) is 6.07 Å². The first kappa shape index (κ1) is 12.7.